The molecule has 5 atom stereocenters. The van der Waals surface area contributed by atoms with Gasteiger partial charge in [0.25, 0.3) is 5.91 Å². The molecular weight excluding hydrogens is 598 g/mol. The van der Waals surface area contributed by atoms with Gasteiger partial charge in [0, 0.05) is 26.3 Å². The van der Waals surface area contributed by atoms with Gasteiger partial charge in [0.15, 0.2) is 12.2 Å². The van der Waals surface area contributed by atoms with E-state index >= 15 is 0 Å². The first-order chi connectivity index (χ1) is 22.1. The lowest BCUT2D eigenvalue weighted by atomic mass is 9.95. The minimum absolute atomic E-state index is 0.133. The van der Waals surface area contributed by atoms with Gasteiger partial charge in [-0.3, -0.25) is 24.0 Å². The topological polar surface area (TPSA) is 153 Å². The molecule has 3 aromatic carbocycles. The Morgan fingerprint density at radius 2 is 1.28 bits per heavy atom. The molecule has 0 aliphatic carbocycles. The highest BCUT2D eigenvalue weighted by Crippen LogP contribution is 2.29. The van der Waals surface area contributed by atoms with Crippen molar-refractivity contribution < 1.29 is 52.4 Å². The van der Waals surface area contributed by atoms with E-state index in [1.54, 1.807) is 42.5 Å². The minimum atomic E-state index is -1.54. The third kappa shape index (κ3) is 9.89. The molecule has 0 unspecified atom stereocenters. The normalized spacial score (nSPS) is 20.5. The van der Waals surface area contributed by atoms with Gasteiger partial charge in [0.1, 0.15) is 31.1 Å². The smallest absolute Gasteiger partial charge is 0.312 e. The third-order valence-electron chi connectivity index (χ3n) is 6.80. The third-order valence-corrected chi connectivity index (χ3v) is 6.80. The summed E-state index contributed by atoms with van der Waals surface area (Å²) >= 11 is 0. The van der Waals surface area contributed by atoms with Crippen LogP contribution in [0.4, 0.5) is 0 Å². The maximum absolute atomic E-state index is 13.5. The van der Waals surface area contributed by atoms with Crippen LogP contribution in [-0.4, -0.2) is 67.0 Å². The van der Waals surface area contributed by atoms with Crippen LogP contribution in [0.3, 0.4) is 0 Å². The Hall–Kier alpha value is -5.23. The Morgan fingerprint density at radius 1 is 0.696 bits per heavy atom. The predicted molar refractivity (Wildman–Crippen MR) is 161 cm³/mol. The molecule has 1 amide bonds. The SMILES string of the molecule is CC(=O)OC[C@@H]1O[C@@H](OC(=O)Cc2ccccc2)[C@@H](NC(=O)c2ccc(OCc3ccccc3)cc2)[C@@H](OC(C)=O)[C@@H]1OC(C)=O. The van der Waals surface area contributed by atoms with Crippen molar-refractivity contribution in [3.05, 3.63) is 102 Å². The lowest BCUT2D eigenvalue weighted by Gasteiger charge is -2.44. The Bertz CT molecular complexity index is 1490. The number of nitrogens with one attached hydrogen (secondary N) is 1. The highest BCUT2D eigenvalue weighted by Gasteiger charge is 2.52. The van der Waals surface area contributed by atoms with E-state index in [0.29, 0.717) is 17.9 Å². The van der Waals surface area contributed by atoms with Crippen molar-refractivity contribution in [2.75, 3.05) is 6.61 Å². The van der Waals surface area contributed by atoms with Crippen LogP contribution >= 0.6 is 0 Å². The van der Waals surface area contributed by atoms with E-state index in [4.69, 9.17) is 28.4 Å². The van der Waals surface area contributed by atoms with E-state index in [9.17, 15) is 24.0 Å². The fraction of sp³-hybridized carbons (Fsp3) is 0.324. The number of carbonyl (C=O) groups excluding carboxylic acids is 5. The van der Waals surface area contributed by atoms with Crippen molar-refractivity contribution in [1.29, 1.82) is 0 Å². The molecule has 0 radical (unpaired) electrons. The molecule has 1 saturated heterocycles. The van der Waals surface area contributed by atoms with Crippen molar-refractivity contribution in [2.45, 2.75) is 64.4 Å². The Kier molecular flexibility index (Phi) is 11.8. The standard InChI is InChI=1S/C34H35NO11/c1-21(36)41-20-28-31(43-22(2)37)32(44-23(3)38)30(34(45-28)46-29(39)18-24-10-6-4-7-11-24)35-33(40)26-14-16-27(17-15-26)42-19-25-12-8-5-9-13-25/h4-17,28,30-32,34H,18-20H2,1-3H3,(H,35,40)/t28-,30-,31+,32+,34-/m0/s1. The van der Waals surface area contributed by atoms with Gasteiger partial charge >= 0.3 is 23.9 Å². The molecule has 1 aliphatic heterocycles. The number of ether oxygens (including phenoxy) is 6. The molecule has 0 bridgehead atoms. The first kappa shape index (κ1) is 33.7. The van der Waals surface area contributed by atoms with Crippen LogP contribution in [0.1, 0.15) is 42.3 Å². The van der Waals surface area contributed by atoms with Gasteiger partial charge < -0.3 is 33.7 Å². The minimum Gasteiger partial charge on any atom is -0.489 e. The number of hydrogen-bond donors (Lipinski definition) is 1. The zero-order valence-corrected chi connectivity index (χ0v) is 25.6. The molecule has 242 valence electrons. The molecule has 0 saturated carbocycles. The van der Waals surface area contributed by atoms with E-state index in [1.807, 2.05) is 30.3 Å². The molecule has 12 nitrogen and oxygen atoms in total. The molecule has 1 heterocycles. The quantitative estimate of drug-likeness (QED) is 0.231. The second-order valence-corrected chi connectivity index (χ2v) is 10.4. The molecule has 1 N–H and O–H groups in total. The van der Waals surface area contributed by atoms with E-state index in [0.717, 1.165) is 19.4 Å². The summed E-state index contributed by atoms with van der Waals surface area (Å²) in [5, 5.41) is 2.72. The van der Waals surface area contributed by atoms with Gasteiger partial charge in [-0.1, -0.05) is 60.7 Å². The Morgan fingerprint density at radius 3 is 1.87 bits per heavy atom. The van der Waals surface area contributed by atoms with Gasteiger partial charge in [-0.2, -0.15) is 0 Å². The van der Waals surface area contributed by atoms with Crippen LogP contribution in [0, 0.1) is 0 Å². The summed E-state index contributed by atoms with van der Waals surface area (Å²) in [5.41, 5.74) is 1.83. The highest BCUT2D eigenvalue weighted by atomic mass is 16.7. The molecule has 46 heavy (non-hydrogen) atoms. The summed E-state index contributed by atoms with van der Waals surface area (Å²) in [6.45, 7) is 3.34. The van der Waals surface area contributed by atoms with Crippen LogP contribution in [0.25, 0.3) is 0 Å². The number of carbonyl (C=O) groups is 5. The predicted octanol–water partition coefficient (Wildman–Crippen LogP) is 3.30. The van der Waals surface area contributed by atoms with E-state index < -0.39 is 67.0 Å². The molecule has 4 rings (SSSR count). The van der Waals surface area contributed by atoms with Gasteiger partial charge in [0.2, 0.25) is 6.29 Å². The van der Waals surface area contributed by atoms with Crippen molar-refractivity contribution in [3.63, 3.8) is 0 Å². The summed E-state index contributed by atoms with van der Waals surface area (Å²) in [5.74, 6) is -3.01. The molecule has 3 aromatic rings. The average molecular weight is 634 g/mol. The molecule has 1 aliphatic rings. The Labute approximate surface area is 265 Å². The zero-order chi connectivity index (χ0) is 33.1. The van der Waals surface area contributed by atoms with E-state index in [1.165, 1.54) is 19.1 Å². The lowest BCUT2D eigenvalue weighted by molar-refractivity contribution is -0.270. The lowest BCUT2D eigenvalue weighted by Crippen LogP contribution is -2.67. The number of amides is 1. The zero-order valence-electron chi connectivity index (χ0n) is 25.6. The number of rotatable bonds is 12. The largest absolute Gasteiger partial charge is 0.489 e. The van der Waals surface area contributed by atoms with Gasteiger partial charge in [-0.25, -0.2) is 0 Å². The fourth-order valence-corrected chi connectivity index (χ4v) is 4.77. The van der Waals surface area contributed by atoms with Crippen molar-refractivity contribution in [3.8, 4) is 5.75 Å². The van der Waals surface area contributed by atoms with Crippen LogP contribution in [-0.2, 0) is 55.9 Å². The number of benzene rings is 3. The van der Waals surface area contributed by atoms with Gasteiger partial charge in [-0.05, 0) is 35.4 Å². The second kappa shape index (κ2) is 16.2. The summed E-state index contributed by atoms with van der Waals surface area (Å²) < 4.78 is 33.6. The molecule has 0 spiro atoms. The summed E-state index contributed by atoms with van der Waals surface area (Å²) in [6.07, 6.45) is -5.63. The van der Waals surface area contributed by atoms with Crippen LogP contribution in [0.15, 0.2) is 84.9 Å². The van der Waals surface area contributed by atoms with Gasteiger partial charge in [0.05, 0.1) is 6.42 Å². The molecule has 0 aromatic heterocycles. The molecule has 1 fully saturated rings. The summed E-state index contributed by atoms with van der Waals surface area (Å²) in [4.78, 5) is 62.5. The van der Waals surface area contributed by atoms with Crippen molar-refractivity contribution >= 4 is 29.8 Å². The van der Waals surface area contributed by atoms with Crippen molar-refractivity contribution in [2.24, 2.45) is 0 Å². The van der Waals surface area contributed by atoms with Crippen LogP contribution < -0.4 is 10.1 Å². The monoisotopic (exact) mass is 633 g/mol. The molecular formula is C34H35NO11. The maximum Gasteiger partial charge on any atom is 0.312 e. The first-order valence-corrected chi connectivity index (χ1v) is 14.5. The second-order valence-electron chi connectivity index (χ2n) is 10.4. The maximum atomic E-state index is 13.5. The van der Waals surface area contributed by atoms with Crippen LogP contribution in [0.2, 0.25) is 0 Å². The molecule has 12 heteroatoms. The van der Waals surface area contributed by atoms with Crippen LogP contribution in [0.5, 0.6) is 5.75 Å². The number of hydrogen-bond acceptors (Lipinski definition) is 11. The summed E-state index contributed by atoms with van der Waals surface area (Å²) in [7, 11) is 0. The number of esters is 4. The van der Waals surface area contributed by atoms with Crippen molar-refractivity contribution in [1.82, 2.24) is 5.32 Å². The fourth-order valence-electron chi connectivity index (χ4n) is 4.77. The first-order valence-electron chi connectivity index (χ1n) is 14.5. The summed E-state index contributed by atoms with van der Waals surface area (Å²) in [6, 6.07) is 23.3. The van der Waals surface area contributed by atoms with E-state index in [2.05, 4.69) is 5.32 Å². The Balaban J connectivity index is 1.59. The highest BCUT2D eigenvalue weighted by molar-refractivity contribution is 5.94. The van der Waals surface area contributed by atoms with E-state index in [-0.39, 0.29) is 12.0 Å². The average Bonchev–Trinajstić information content (AvgIpc) is 3.02. The van der Waals surface area contributed by atoms with Gasteiger partial charge in [-0.15, -0.1) is 0 Å².